The summed E-state index contributed by atoms with van der Waals surface area (Å²) in [4.78, 5) is 0. The molecule has 4 fully saturated rings. The van der Waals surface area contributed by atoms with Gasteiger partial charge in [0.25, 0.3) is 0 Å². The van der Waals surface area contributed by atoms with Crippen LogP contribution in [0, 0.1) is 23.7 Å². The zero-order valence-electron chi connectivity index (χ0n) is 12.5. The zero-order chi connectivity index (χ0) is 14.6. The molecule has 3 heteroatoms. The third kappa shape index (κ3) is 2.68. The van der Waals surface area contributed by atoms with Crippen molar-refractivity contribution in [2.24, 2.45) is 23.7 Å². The summed E-state index contributed by atoms with van der Waals surface area (Å²) in [5, 5.41) is 4.81. The highest BCUT2D eigenvalue weighted by Crippen LogP contribution is 2.54. The third-order valence-corrected chi connectivity index (χ3v) is 6.92. The number of hydrogen-bond acceptors (Lipinski definition) is 1. The lowest BCUT2D eigenvalue weighted by Gasteiger charge is -2.55. The van der Waals surface area contributed by atoms with Gasteiger partial charge in [0.05, 0.1) is 0 Å². The fourth-order valence-corrected chi connectivity index (χ4v) is 6.27. The molecule has 4 bridgehead atoms. The summed E-state index contributed by atoms with van der Waals surface area (Å²) in [6.07, 6.45) is 7.38. The number of hydrogen-bond donors (Lipinski definition) is 1. The van der Waals surface area contributed by atoms with E-state index in [9.17, 15) is 0 Å². The van der Waals surface area contributed by atoms with Gasteiger partial charge in [-0.3, -0.25) is 0 Å². The maximum absolute atomic E-state index is 6.42. The van der Waals surface area contributed by atoms with E-state index in [1.807, 2.05) is 6.07 Å². The standard InChI is InChI=1S/C18H23BrClN/c1-10(16-3-2-15(19)9-17(16)20)21-18-13-5-11-4-12(7-13)8-14(18)6-11/h2-3,9-14,18,21H,4-8H2,1H3. The molecule has 4 aliphatic carbocycles. The molecule has 0 aromatic heterocycles. The molecular weight excluding hydrogens is 346 g/mol. The molecule has 1 aromatic carbocycles. The van der Waals surface area contributed by atoms with Gasteiger partial charge in [-0.1, -0.05) is 33.6 Å². The molecule has 0 heterocycles. The molecule has 4 aliphatic rings. The van der Waals surface area contributed by atoms with Gasteiger partial charge in [-0.15, -0.1) is 0 Å². The van der Waals surface area contributed by atoms with E-state index in [1.54, 1.807) is 0 Å². The first-order valence-corrected chi connectivity index (χ1v) is 9.48. The van der Waals surface area contributed by atoms with E-state index < -0.39 is 0 Å². The SMILES string of the molecule is CC(NC1C2CC3CC(C2)CC1C3)c1ccc(Br)cc1Cl. The molecule has 0 amide bonds. The maximum atomic E-state index is 6.42. The summed E-state index contributed by atoms with van der Waals surface area (Å²) in [5.41, 5.74) is 1.23. The van der Waals surface area contributed by atoms with E-state index in [2.05, 4.69) is 40.3 Å². The van der Waals surface area contributed by atoms with Crippen LogP contribution in [0.4, 0.5) is 0 Å². The van der Waals surface area contributed by atoms with Crippen LogP contribution in [0.1, 0.15) is 50.6 Å². The summed E-state index contributed by atoms with van der Waals surface area (Å²) in [6.45, 7) is 2.26. The van der Waals surface area contributed by atoms with Crippen LogP contribution in [0.3, 0.4) is 0 Å². The molecule has 1 atom stereocenters. The average molecular weight is 369 g/mol. The predicted molar refractivity (Wildman–Crippen MR) is 91.5 cm³/mol. The minimum absolute atomic E-state index is 0.341. The van der Waals surface area contributed by atoms with Gasteiger partial charge in [0, 0.05) is 21.6 Å². The number of halogens is 2. The van der Waals surface area contributed by atoms with Gasteiger partial charge < -0.3 is 5.32 Å². The topological polar surface area (TPSA) is 12.0 Å². The van der Waals surface area contributed by atoms with E-state index >= 15 is 0 Å². The van der Waals surface area contributed by atoms with Gasteiger partial charge in [0.1, 0.15) is 0 Å². The summed E-state index contributed by atoms with van der Waals surface area (Å²) < 4.78 is 1.05. The van der Waals surface area contributed by atoms with Crippen LogP contribution in [0.15, 0.2) is 22.7 Å². The van der Waals surface area contributed by atoms with Crippen molar-refractivity contribution in [1.82, 2.24) is 5.32 Å². The van der Waals surface area contributed by atoms with Crippen LogP contribution < -0.4 is 5.32 Å². The van der Waals surface area contributed by atoms with Crippen LogP contribution in [0.25, 0.3) is 0 Å². The largest absolute Gasteiger partial charge is 0.307 e. The number of benzene rings is 1. The molecule has 1 unspecified atom stereocenters. The van der Waals surface area contributed by atoms with Crippen molar-refractivity contribution < 1.29 is 0 Å². The van der Waals surface area contributed by atoms with E-state index in [4.69, 9.17) is 11.6 Å². The average Bonchev–Trinajstić information content (AvgIpc) is 2.41. The normalized spacial score (nSPS) is 38.7. The van der Waals surface area contributed by atoms with Gasteiger partial charge in [0.2, 0.25) is 0 Å². The molecule has 0 radical (unpaired) electrons. The van der Waals surface area contributed by atoms with Crippen molar-refractivity contribution >= 4 is 27.5 Å². The zero-order valence-corrected chi connectivity index (χ0v) is 14.8. The lowest BCUT2D eigenvalue weighted by Crippen LogP contribution is -2.54. The number of rotatable bonds is 3. The molecule has 1 N–H and O–H groups in total. The van der Waals surface area contributed by atoms with Crippen molar-refractivity contribution in [3.63, 3.8) is 0 Å². The Morgan fingerprint density at radius 2 is 1.71 bits per heavy atom. The van der Waals surface area contributed by atoms with E-state index in [0.717, 1.165) is 33.2 Å². The van der Waals surface area contributed by atoms with E-state index in [-0.39, 0.29) is 0 Å². The van der Waals surface area contributed by atoms with Gasteiger partial charge >= 0.3 is 0 Å². The van der Waals surface area contributed by atoms with Crippen LogP contribution in [-0.4, -0.2) is 6.04 Å². The Morgan fingerprint density at radius 3 is 2.29 bits per heavy atom. The second-order valence-electron chi connectivity index (χ2n) is 7.51. The Hall–Kier alpha value is -0.0500. The lowest BCUT2D eigenvalue weighted by atomic mass is 9.54. The van der Waals surface area contributed by atoms with Gasteiger partial charge in [-0.05, 0) is 80.4 Å². The second kappa shape index (κ2) is 5.54. The molecule has 0 spiro atoms. The first-order chi connectivity index (χ1) is 10.1. The number of nitrogens with one attached hydrogen (secondary N) is 1. The van der Waals surface area contributed by atoms with Crippen LogP contribution in [0.2, 0.25) is 5.02 Å². The summed E-state index contributed by atoms with van der Waals surface area (Å²) in [6, 6.07) is 7.31. The van der Waals surface area contributed by atoms with Crippen molar-refractivity contribution in [3.8, 4) is 0 Å². The van der Waals surface area contributed by atoms with E-state index in [1.165, 1.54) is 37.7 Å². The first-order valence-electron chi connectivity index (χ1n) is 8.31. The molecule has 0 saturated heterocycles. The van der Waals surface area contributed by atoms with Crippen LogP contribution in [0.5, 0.6) is 0 Å². The fourth-order valence-electron chi connectivity index (χ4n) is 5.43. The first kappa shape index (κ1) is 14.5. The second-order valence-corrected chi connectivity index (χ2v) is 8.83. The molecule has 1 aromatic rings. The molecular formula is C18H23BrClN. The summed E-state index contributed by atoms with van der Waals surface area (Å²) >= 11 is 9.91. The minimum atomic E-state index is 0.341. The van der Waals surface area contributed by atoms with Crippen molar-refractivity contribution in [2.45, 2.75) is 51.1 Å². The summed E-state index contributed by atoms with van der Waals surface area (Å²) in [5.74, 6) is 3.91. The maximum Gasteiger partial charge on any atom is 0.0464 e. The predicted octanol–water partition coefficient (Wildman–Crippen LogP) is 5.58. The Balaban J connectivity index is 1.50. The van der Waals surface area contributed by atoms with Gasteiger partial charge in [-0.25, -0.2) is 0 Å². The van der Waals surface area contributed by atoms with Crippen LogP contribution >= 0.6 is 27.5 Å². The van der Waals surface area contributed by atoms with Crippen molar-refractivity contribution in [1.29, 1.82) is 0 Å². The highest BCUT2D eigenvalue weighted by molar-refractivity contribution is 9.10. The van der Waals surface area contributed by atoms with Crippen LogP contribution in [-0.2, 0) is 0 Å². The highest BCUT2D eigenvalue weighted by atomic mass is 79.9. The quantitative estimate of drug-likeness (QED) is 0.734. The van der Waals surface area contributed by atoms with Gasteiger partial charge in [0.15, 0.2) is 0 Å². The van der Waals surface area contributed by atoms with Crippen molar-refractivity contribution in [3.05, 3.63) is 33.3 Å². The Bertz CT molecular complexity index is 516. The highest BCUT2D eigenvalue weighted by Gasteiger charge is 2.48. The van der Waals surface area contributed by atoms with E-state index in [0.29, 0.717) is 12.1 Å². The van der Waals surface area contributed by atoms with Gasteiger partial charge in [-0.2, -0.15) is 0 Å². The smallest absolute Gasteiger partial charge is 0.0464 e. The monoisotopic (exact) mass is 367 g/mol. The molecule has 21 heavy (non-hydrogen) atoms. The molecule has 114 valence electrons. The minimum Gasteiger partial charge on any atom is -0.307 e. The fraction of sp³-hybridized carbons (Fsp3) is 0.667. The Kier molecular flexibility index (Phi) is 3.84. The summed E-state index contributed by atoms with van der Waals surface area (Å²) in [7, 11) is 0. The molecule has 0 aliphatic heterocycles. The molecule has 4 saturated carbocycles. The van der Waals surface area contributed by atoms with Crippen molar-refractivity contribution in [2.75, 3.05) is 0 Å². The Morgan fingerprint density at radius 1 is 1.10 bits per heavy atom. The third-order valence-electron chi connectivity index (χ3n) is 6.10. The molecule has 1 nitrogen and oxygen atoms in total. The molecule has 5 rings (SSSR count). The lowest BCUT2D eigenvalue weighted by molar-refractivity contribution is -0.0171. The Labute approximate surface area is 141 Å².